The number of halogens is 1. The molecule has 0 bridgehead atoms. The summed E-state index contributed by atoms with van der Waals surface area (Å²) < 4.78 is 4.69. The summed E-state index contributed by atoms with van der Waals surface area (Å²) in [6.07, 6.45) is 1.52. The van der Waals surface area contributed by atoms with Gasteiger partial charge >= 0.3 is 5.97 Å². The lowest BCUT2D eigenvalue weighted by Gasteiger charge is -2.11. The van der Waals surface area contributed by atoms with Gasteiger partial charge in [0, 0.05) is 6.04 Å². The van der Waals surface area contributed by atoms with Crippen LogP contribution in [-0.2, 0) is 4.74 Å². The Morgan fingerprint density at radius 3 is 2.54 bits per heavy atom. The molecule has 0 aliphatic rings. The molecule has 6 nitrogen and oxygen atoms in total. The SMILES string of the molecule is COC(=O)c1ccc(Cl)c(Nc2ccc(C(=O)NC(C)C)nc2)c1. The topological polar surface area (TPSA) is 80.3 Å². The van der Waals surface area contributed by atoms with Gasteiger partial charge in [-0.3, -0.25) is 4.79 Å². The van der Waals surface area contributed by atoms with Gasteiger partial charge in [-0.15, -0.1) is 0 Å². The molecule has 7 heteroatoms. The Balaban J connectivity index is 2.17. The van der Waals surface area contributed by atoms with Gasteiger partial charge in [-0.1, -0.05) is 11.6 Å². The van der Waals surface area contributed by atoms with Crippen LogP contribution in [-0.4, -0.2) is 30.0 Å². The predicted octanol–water partition coefficient (Wildman–Crippen LogP) is 3.40. The van der Waals surface area contributed by atoms with Crippen LogP contribution in [0.4, 0.5) is 11.4 Å². The third kappa shape index (κ3) is 4.45. The highest BCUT2D eigenvalue weighted by atomic mass is 35.5. The molecule has 0 saturated heterocycles. The van der Waals surface area contributed by atoms with E-state index in [1.54, 1.807) is 30.3 Å². The number of anilines is 2. The molecule has 0 spiro atoms. The summed E-state index contributed by atoms with van der Waals surface area (Å²) in [5.41, 5.74) is 1.88. The Labute approximate surface area is 145 Å². The molecular formula is C17H18ClN3O3. The van der Waals surface area contributed by atoms with E-state index in [1.807, 2.05) is 13.8 Å². The number of methoxy groups -OCH3 is 1. The van der Waals surface area contributed by atoms with Crippen LogP contribution in [0.25, 0.3) is 0 Å². The van der Waals surface area contributed by atoms with Crippen molar-refractivity contribution < 1.29 is 14.3 Å². The number of ether oxygens (including phenoxy) is 1. The molecule has 0 aliphatic carbocycles. The summed E-state index contributed by atoms with van der Waals surface area (Å²) in [5, 5.41) is 6.28. The molecule has 2 rings (SSSR count). The largest absolute Gasteiger partial charge is 0.465 e. The van der Waals surface area contributed by atoms with Crippen LogP contribution in [0.3, 0.4) is 0 Å². The first kappa shape index (κ1) is 17.7. The van der Waals surface area contributed by atoms with Gasteiger partial charge in [0.25, 0.3) is 5.91 Å². The van der Waals surface area contributed by atoms with Crippen LogP contribution >= 0.6 is 11.6 Å². The summed E-state index contributed by atoms with van der Waals surface area (Å²) in [6, 6.07) is 8.14. The fourth-order valence-corrected chi connectivity index (χ4v) is 2.12. The first-order valence-corrected chi connectivity index (χ1v) is 7.70. The van der Waals surface area contributed by atoms with Crippen LogP contribution in [0.1, 0.15) is 34.7 Å². The molecule has 0 fully saturated rings. The van der Waals surface area contributed by atoms with E-state index in [9.17, 15) is 9.59 Å². The minimum atomic E-state index is -0.450. The van der Waals surface area contributed by atoms with Crippen molar-refractivity contribution in [1.82, 2.24) is 10.3 Å². The number of esters is 1. The maximum Gasteiger partial charge on any atom is 0.337 e. The number of benzene rings is 1. The molecule has 1 heterocycles. The zero-order valence-corrected chi connectivity index (χ0v) is 14.3. The molecule has 1 aromatic carbocycles. The number of rotatable bonds is 5. The summed E-state index contributed by atoms with van der Waals surface area (Å²) in [6.45, 7) is 3.76. The third-order valence-corrected chi connectivity index (χ3v) is 3.41. The van der Waals surface area contributed by atoms with Gasteiger partial charge in [-0.05, 0) is 44.2 Å². The highest BCUT2D eigenvalue weighted by molar-refractivity contribution is 6.33. The van der Waals surface area contributed by atoms with E-state index < -0.39 is 5.97 Å². The summed E-state index contributed by atoms with van der Waals surface area (Å²) >= 11 is 6.13. The van der Waals surface area contributed by atoms with E-state index in [-0.39, 0.29) is 11.9 Å². The number of hydrogen-bond donors (Lipinski definition) is 2. The first-order chi connectivity index (χ1) is 11.4. The minimum Gasteiger partial charge on any atom is -0.465 e. The number of nitrogens with one attached hydrogen (secondary N) is 2. The van der Waals surface area contributed by atoms with E-state index in [1.165, 1.54) is 13.3 Å². The Morgan fingerprint density at radius 2 is 1.96 bits per heavy atom. The number of amides is 1. The van der Waals surface area contributed by atoms with Crippen LogP contribution in [0, 0.1) is 0 Å². The van der Waals surface area contributed by atoms with Gasteiger partial charge < -0.3 is 15.4 Å². The first-order valence-electron chi connectivity index (χ1n) is 7.32. The van der Waals surface area contributed by atoms with Crippen LogP contribution in [0.5, 0.6) is 0 Å². The number of carbonyl (C=O) groups is 2. The second kappa shape index (κ2) is 7.79. The quantitative estimate of drug-likeness (QED) is 0.810. The second-order valence-corrected chi connectivity index (χ2v) is 5.78. The van der Waals surface area contributed by atoms with E-state index in [2.05, 4.69) is 20.4 Å². The Hall–Kier alpha value is -2.60. The molecule has 2 aromatic rings. The Morgan fingerprint density at radius 1 is 1.21 bits per heavy atom. The van der Waals surface area contributed by atoms with Gasteiger partial charge in [0.2, 0.25) is 0 Å². The van der Waals surface area contributed by atoms with Gasteiger partial charge in [-0.2, -0.15) is 0 Å². The number of nitrogens with zero attached hydrogens (tertiary/aromatic N) is 1. The van der Waals surface area contributed by atoms with Crippen molar-refractivity contribution in [3.8, 4) is 0 Å². The lowest BCUT2D eigenvalue weighted by Crippen LogP contribution is -2.30. The number of hydrogen-bond acceptors (Lipinski definition) is 5. The molecule has 2 N–H and O–H groups in total. The summed E-state index contributed by atoms with van der Waals surface area (Å²) in [5.74, 6) is -0.684. The fourth-order valence-electron chi connectivity index (χ4n) is 1.96. The normalized spacial score (nSPS) is 10.4. The van der Waals surface area contributed by atoms with Crippen LogP contribution < -0.4 is 10.6 Å². The Bertz CT molecular complexity index is 745. The van der Waals surface area contributed by atoms with Gasteiger partial charge in [0.15, 0.2) is 0 Å². The molecule has 24 heavy (non-hydrogen) atoms. The van der Waals surface area contributed by atoms with E-state index in [4.69, 9.17) is 11.6 Å². The number of aromatic nitrogens is 1. The smallest absolute Gasteiger partial charge is 0.337 e. The highest BCUT2D eigenvalue weighted by Gasteiger charge is 2.11. The minimum absolute atomic E-state index is 0.0389. The fraction of sp³-hybridized carbons (Fsp3) is 0.235. The Kier molecular flexibility index (Phi) is 5.76. The van der Waals surface area contributed by atoms with E-state index in [0.29, 0.717) is 27.7 Å². The predicted molar refractivity (Wildman–Crippen MR) is 92.9 cm³/mol. The van der Waals surface area contributed by atoms with E-state index in [0.717, 1.165) is 0 Å². The van der Waals surface area contributed by atoms with Crippen LogP contribution in [0.15, 0.2) is 36.5 Å². The molecule has 126 valence electrons. The zero-order chi connectivity index (χ0) is 17.7. The summed E-state index contributed by atoms with van der Waals surface area (Å²) in [4.78, 5) is 27.6. The van der Waals surface area contributed by atoms with Crippen molar-refractivity contribution in [3.63, 3.8) is 0 Å². The maximum absolute atomic E-state index is 11.9. The van der Waals surface area contributed by atoms with E-state index >= 15 is 0 Å². The molecule has 0 radical (unpaired) electrons. The van der Waals surface area contributed by atoms with Crippen molar-refractivity contribution >= 4 is 34.9 Å². The van der Waals surface area contributed by atoms with Crippen LogP contribution in [0.2, 0.25) is 5.02 Å². The monoisotopic (exact) mass is 347 g/mol. The molecule has 0 unspecified atom stereocenters. The average molecular weight is 348 g/mol. The zero-order valence-electron chi connectivity index (χ0n) is 13.6. The second-order valence-electron chi connectivity index (χ2n) is 5.37. The molecule has 0 atom stereocenters. The van der Waals surface area contributed by atoms with Crippen molar-refractivity contribution in [2.45, 2.75) is 19.9 Å². The number of carbonyl (C=O) groups excluding carboxylic acids is 2. The molecule has 0 aliphatic heterocycles. The molecular weight excluding hydrogens is 330 g/mol. The van der Waals surface area contributed by atoms with Crippen molar-refractivity contribution in [2.24, 2.45) is 0 Å². The third-order valence-electron chi connectivity index (χ3n) is 3.08. The molecule has 1 aromatic heterocycles. The molecule has 1 amide bonds. The molecule has 0 saturated carbocycles. The van der Waals surface area contributed by atoms with Crippen molar-refractivity contribution in [2.75, 3.05) is 12.4 Å². The highest BCUT2D eigenvalue weighted by Crippen LogP contribution is 2.26. The average Bonchev–Trinajstić information content (AvgIpc) is 2.56. The van der Waals surface area contributed by atoms with Crippen molar-refractivity contribution in [1.29, 1.82) is 0 Å². The van der Waals surface area contributed by atoms with Gasteiger partial charge in [0.05, 0.1) is 35.3 Å². The maximum atomic E-state index is 11.9. The lowest BCUT2D eigenvalue weighted by atomic mass is 10.2. The van der Waals surface area contributed by atoms with Gasteiger partial charge in [-0.25, -0.2) is 9.78 Å². The number of pyridine rings is 1. The lowest BCUT2D eigenvalue weighted by molar-refractivity contribution is 0.0600. The van der Waals surface area contributed by atoms with Crippen molar-refractivity contribution in [3.05, 3.63) is 52.8 Å². The standard InChI is InChI=1S/C17H18ClN3O3/c1-10(2)20-16(22)14-7-5-12(9-19-14)21-15-8-11(17(23)24-3)4-6-13(15)18/h4-10,21H,1-3H3,(H,20,22). The van der Waals surface area contributed by atoms with Gasteiger partial charge in [0.1, 0.15) is 5.69 Å². The summed E-state index contributed by atoms with van der Waals surface area (Å²) in [7, 11) is 1.31.